The number of nitrogens with one attached hydrogen (secondary N) is 1. The molecule has 0 amide bonds. The van der Waals surface area contributed by atoms with E-state index in [1.165, 1.54) is 0 Å². The standard InChI is InChI=1S/C7H16N2O2/c1-6-5-10-7(11-6)4-9-3-2-8/h6-7,9H,2-5,8H2,1H3. The van der Waals surface area contributed by atoms with Crippen molar-refractivity contribution in [1.82, 2.24) is 5.32 Å². The topological polar surface area (TPSA) is 56.5 Å². The van der Waals surface area contributed by atoms with Gasteiger partial charge in [-0.15, -0.1) is 0 Å². The summed E-state index contributed by atoms with van der Waals surface area (Å²) in [7, 11) is 0. The van der Waals surface area contributed by atoms with E-state index in [9.17, 15) is 0 Å². The number of rotatable bonds is 4. The van der Waals surface area contributed by atoms with Gasteiger partial charge in [0.2, 0.25) is 0 Å². The predicted molar refractivity (Wildman–Crippen MR) is 42.2 cm³/mol. The van der Waals surface area contributed by atoms with Crippen molar-refractivity contribution in [2.75, 3.05) is 26.2 Å². The van der Waals surface area contributed by atoms with E-state index in [1.807, 2.05) is 6.92 Å². The Balaban J connectivity index is 1.99. The van der Waals surface area contributed by atoms with E-state index >= 15 is 0 Å². The minimum absolute atomic E-state index is 0.0726. The first-order valence-corrected chi connectivity index (χ1v) is 4.00. The van der Waals surface area contributed by atoms with Gasteiger partial charge in [-0.2, -0.15) is 0 Å². The molecule has 0 radical (unpaired) electrons. The molecule has 2 unspecified atom stereocenters. The van der Waals surface area contributed by atoms with E-state index in [0.717, 1.165) is 13.1 Å². The first-order chi connectivity index (χ1) is 5.33. The van der Waals surface area contributed by atoms with Crippen LogP contribution in [0.2, 0.25) is 0 Å². The highest BCUT2D eigenvalue weighted by molar-refractivity contribution is 4.62. The Labute approximate surface area is 67.0 Å². The van der Waals surface area contributed by atoms with Crippen LogP contribution in [-0.4, -0.2) is 38.6 Å². The van der Waals surface area contributed by atoms with Crippen LogP contribution >= 0.6 is 0 Å². The quantitative estimate of drug-likeness (QED) is 0.534. The van der Waals surface area contributed by atoms with Gasteiger partial charge in [-0.05, 0) is 6.92 Å². The van der Waals surface area contributed by atoms with Crippen LogP contribution in [0.4, 0.5) is 0 Å². The molecule has 1 rings (SSSR count). The first kappa shape index (κ1) is 8.93. The summed E-state index contributed by atoms with van der Waals surface area (Å²) in [4.78, 5) is 0. The molecule has 66 valence electrons. The molecule has 0 spiro atoms. The van der Waals surface area contributed by atoms with Crippen LogP contribution in [0.15, 0.2) is 0 Å². The Bertz CT molecular complexity index is 111. The van der Waals surface area contributed by atoms with Crippen molar-refractivity contribution in [3.05, 3.63) is 0 Å². The highest BCUT2D eigenvalue weighted by atomic mass is 16.7. The lowest BCUT2D eigenvalue weighted by molar-refractivity contribution is -0.0515. The molecule has 4 heteroatoms. The average molecular weight is 160 g/mol. The first-order valence-electron chi connectivity index (χ1n) is 4.00. The summed E-state index contributed by atoms with van der Waals surface area (Å²) in [6.07, 6.45) is 0.163. The summed E-state index contributed by atoms with van der Waals surface area (Å²) in [5, 5.41) is 3.12. The zero-order valence-electron chi connectivity index (χ0n) is 6.88. The lowest BCUT2D eigenvalue weighted by Gasteiger charge is -2.09. The normalized spacial score (nSPS) is 31.1. The Morgan fingerprint density at radius 2 is 2.45 bits per heavy atom. The summed E-state index contributed by atoms with van der Waals surface area (Å²) in [5.74, 6) is 0. The van der Waals surface area contributed by atoms with Gasteiger partial charge < -0.3 is 20.5 Å². The highest BCUT2D eigenvalue weighted by Crippen LogP contribution is 2.08. The molecule has 0 aliphatic carbocycles. The molecule has 2 atom stereocenters. The zero-order valence-corrected chi connectivity index (χ0v) is 6.88. The summed E-state index contributed by atoms with van der Waals surface area (Å²) in [5.41, 5.74) is 5.30. The summed E-state index contributed by atoms with van der Waals surface area (Å²) < 4.78 is 10.7. The maximum absolute atomic E-state index is 5.38. The van der Waals surface area contributed by atoms with Gasteiger partial charge in [0.1, 0.15) is 0 Å². The second-order valence-electron chi connectivity index (χ2n) is 2.70. The molecular formula is C7H16N2O2. The largest absolute Gasteiger partial charge is 0.349 e. The van der Waals surface area contributed by atoms with Crippen LogP contribution in [0.1, 0.15) is 6.92 Å². The smallest absolute Gasteiger partial charge is 0.170 e. The molecule has 1 aliphatic heterocycles. The number of hydrogen-bond acceptors (Lipinski definition) is 4. The van der Waals surface area contributed by atoms with Gasteiger partial charge >= 0.3 is 0 Å². The van der Waals surface area contributed by atoms with E-state index in [0.29, 0.717) is 13.2 Å². The third-order valence-electron chi connectivity index (χ3n) is 1.53. The second kappa shape index (κ2) is 4.66. The van der Waals surface area contributed by atoms with Gasteiger partial charge in [-0.1, -0.05) is 0 Å². The van der Waals surface area contributed by atoms with Gasteiger partial charge in [-0.25, -0.2) is 0 Å². The number of hydrogen-bond donors (Lipinski definition) is 2. The molecule has 0 saturated carbocycles. The molecule has 1 aliphatic rings. The lowest BCUT2D eigenvalue weighted by atomic mass is 10.5. The van der Waals surface area contributed by atoms with Crippen molar-refractivity contribution in [1.29, 1.82) is 0 Å². The van der Waals surface area contributed by atoms with Crippen molar-refractivity contribution in [2.24, 2.45) is 5.73 Å². The zero-order chi connectivity index (χ0) is 8.10. The molecule has 0 aromatic heterocycles. The molecular weight excluding hydrogens is 144 g/mol. The molecule has 1 heterocycles. The van der Waals surface area contributed by atoms with Crippen molar-refractivity contribution in [2.45, 2.75) is 19.3 Å². The monoisotopic (exact) mass is 160 g/mol. The highest BCUT2D eigenvalue weighted by Gasteiger charge is 2.21. The van der Waals surface area contributed by atoms with E-state index in [-0.39, 0.29) is 12.4 Å². The Kier molecular flexibility index (Phi) is 3.79. The maximum Gasteiger partial charge on any atom is 0.170 e. The maximum atomic E-state index is 5.38. The molecule has 0 aromatic rings. The lowest BCUT2D eigenvalue weighted by Crippen LogP contribution is -2.31. The molecule has 1 saturated heterocycles. The van der Waals surface area contributed by atoms with Crippen LogP contribution in [0.25, 0.3) is 0 Å². The Morgan fingerprint density at radius 3 is 3.00 bits per heavy atom. The van der Waals surface area contributed by atoms with Crippen LogP contribution in [0.5, 0.6) is 0 Å². The third kappa shape index (κ3) is 3.16. The number of ether oxygens (including phenoxy) is 2. The van der Waals surface area contributed by atoms with E-state index in [4.69, 9.17) is 15.2 Å². The van der Waals surface area contributed by atoms with Crippen molar-refractivity contribution in [3.63, 3.8) is 0 Å². The van der Waals surface area contributed by atoms with Crippen molar-refractivity contribution < 1.29 is 9.47 Å². The predicted octanol–water partition coefficient (Wildman–Crippen LogP) is -0.704. The van der Waals surface area contributed by atoms with Gasteiger partial charge in [0, 0.05) is 19.6 Å². The second-order valence-corrected chi connectivity index (χ2v) is 2.70. The minimum atomic E-state index is -0.0726. The SMILES string of the molecule is CC1COC(CNCCN)O1. The molecule has 3 N–H and O–H groups in total. The Morgan fingerprint density at radius 1 is 1.64 bits per heavy atom. The molecule has 0 aromatic carbocycles. The average Bonchev–Trinajstić information content (AvgIpc) is 2.37. The van der Waals surface area contributed by atoms with E-state index in [1.54, 1.807) is 0 Å². The summed E-state index contributed by atoms with van der Waals surface area (Å²) in [6.45, 7) is 4.92. The molecule has 4 nitrogen and oxygen atoms in total. The van der Waals surface area contributed by atoms with E-state index in [2.05, 4.69) is 5.32 Å². The molecule has 1 fully saturated rings. The minimum Gasteiger partial charge on any atom is -0.349 e. The molecule has 0 bridgehead atoms. The van der Waals surface area contributed by atoms with E-state index < -0.39 is 0 Å². The van der Waals surface area contributed by atoms with Gasteiger partial charge in [0.15, 0.2) is 6.29 Å². The summed E-state index contributed by atoms with van der Waals surface area (Å²) >= 11 is 0. The third-order valence-corrected chi connectivity index (χ3v) is 1.53. The summed E-state index contributed by atoms with van der Waals surface area (Å²) in [6, 6.07) is 0. The van der Waals surface area contributed by atoms with Gasteiger partial charge in [-0.3, -0.25) is 0 Å². The van der Waals surface area contributed by atoms with Crippen molar-refractivity contribution in [3.8, 4) is 0 Å². The van der Waals surface area contributed by atoms with Gasteiger partial charge in [0.25, 0.3) is 0 Å². The number of nitrogens with two attached hydrogens (primary N) is 1. The van der Waals surface area contributed by atoms with Gasteiger partial charge in [0.05, 0.1) is 12.7 Å². The van der Waals surface area contributed by atoms with Crippen LogP contribution < -0.4 is 11.1 Å². The van der Waals surface area contributed by atoms with Crippen LogP contribution in [0, 0.1) is 0 Å². The fraction of sp³-hybridized carbons (Fsp3) is 1.00. The van der Waals surface area contributed by atoms with Crippen LogP contribution in [-0.2, 0) is 9.47 Å². The fourth-order valence-electron chi connectivity index (χ4n) is 1.01. The van der Waals surface area contributed by atoms with Crippen LogP contribution in [0.3, 0.4) is 0 Å². The molecule has 11 heavy (non-hydrogen) atoms. The van der Waals surface area contributed by atoms with Crippen molar-refractivity contribution >= 4 is 0 Å². The Hall–Kier alpha value is -0.160. The fourth-order valence-corrected chi connectivity index (χ4v) is 1.01.